The number of nitrogens with one attached hydrogen (secondary N) is 1. The lowest BCUT2D eigenvalue weighted by molar-refractivity contribution is 0.764. The Hall–Kier alpha value is -1.60. The first-order valence-electron chi connectivity index (χ1n) is 5.08. The molecule has 2 rings (SSSR count). The molecule has 6 nitrogen and oxygen atoms in total. The van der Waals surface area contributed by atoms with Gasteiger partial charge in [0.25, 0.3) is 0 Å². The zero-order valence-electron chi connectivity index (χ0n) is 9.54. The highest BCUT2D eigenvalue weighted by Crippen LogP contribution is 2.23. The second-order valence-corrected chi connectivity index (χ2v) is 4.68. The first kappa shape index (κ1) is 11.9. The van der Waals surface area contributed by atoms with Crippen molar-refractivity contribution in [2.45, 2.75) is 23.1 Å². The van der Waals surface area contributed by atoms with E-state index in [9.17, 15) is 4.79 Å². The van der Waals surface area contributed by atoms with Crippen molar-refractivity contribution in [3.05, 3.63) is 34.4 Å². The van der Waals surface area contributed by atoms with E-state index in [1.807, 2.05) is 19.1 Å². The smallest absolute Gasteiger partial charge is 0.324 e. The standard InChI is InChI=1S/C10H13N5OS/c1-6(11)7-3-4-8(12-5-7)17-10-14-13-9(16)15(10)2/h3-6H,11H2,1-2H3,(H,13,16). The molecule has 0 saturated carbocycles. The van der Waals surface area contributed by atoms with Gasteiger partial charge in [0.15, 0.2) is 5.16 Å². The summed E-state index contributed by atoms with van der Waals surface area (Å²) in [5.74, 6) is 0. The molecule has 0 aromatic carbocycles. The van der Waals surface area contributed by atoms with Gasteiger partial charge in [0.2, 0.25) is 0 Å². The van der Waals surface area contributed by atoms with Crippen LogP contribution in [0.1, 0.15) is 18.5 Å². The Morgan fingerprint density at radius 2 is 2.29 bits per heavy atom. The first-order valence-corrected chi connectivity index (χ1v) is 5.90. The van der Waals surface area contributed by atoms with Crippen LogP contribution in [0.2, 0.25) is 0 Å². The van der Waals surface area contributed by atoms with Crippen molar-refractivity contribution in [3.8, 4) is 0 Å². The van der Waals surface area contributed by atoms with E-state index in [1.54, 1.807) is 13.2 Å². The van der Waals surface area contributed by atoms with Gasteiger partial charge in [-0.1, -0.05) is 6.07 Å². The molecule has 0 saturated heterocycles. The molecule has 0 aliphatic carbocycles. The molecule has 1 unspecified atom stereocenters. The van der Waals surface area contributed by atoms with E-state index >= 15 is 0 Å². The summed E-state index contributed by atoms with van der Waals surface area (Å²) in [4.78, 5) is 15.4. The van der Waals surface area contributed by atoms with Crippen molar-refractivity contribution >= 4 is 11.8 Å². The number of aromatic amines is 1. The molecular formula is C10H13N5OS. The minimum absolute atomic E-state index is 0.0312. The molecule has 0 amide bonds. The van der Waals surface area contributed by atoms with Crippen LogP contribution in [0.15, 0.2) is 33.3 Å². The van der Waals surface area contributed by atoms with Crippen molar-refractivity contribution in [1.29, 1.82) is 0 Å². The van der Waals surface area contributed by atoms with Crippen molar-refractivity contribution in [2.24, 2.45) is 12.8 Å². The van der Waals surface area contributed by atoms with Crippen LogP contribution in [0.4, 0.5) is 0 Å². The largest absolute Gasteiger partial charge is 0.343 e. The van der Waals surface area contributed by atoms with Gasteiger partial charge >= 0.3 is 5.69 Å². The lowest BCUT2D eigenvalue weighted by Gasteiger charge is -2.05. The molecule has 17 heavy (non-hydrogen) atoms. The highest BCUT2D eigenvalue weighted by Gasteiger charge is 2.07. The molecule has 90 valence electrons. The molecule has 2 aromatic rings. The lowest BCUT2D eigenvalue weighted by Crippen LogP contribution is -2.12. The molecule has 0 fully saturated rings. The maximum Gasteiger partial charge on any atom is 0.343 e. The quantitative estimate of drug-likeness (QED) is 0.837. The van der Waals surface area contributed by atoms with Gasteiger partial charge in [0, 0.05) is 19.3 Å². The molecule has 7 heteroatoms. The Bertz CT molecular complexity index is 557. The van der Waals surface area contributed by atoms with Crippen molar-refractivity contribution in [2.75, 3.05) is 0 Å². The minimum atomic E-state index is -0.236. The van der Waals surface area contributed by atoms with Crippen LogP contribution < -0.4 is 11.4 Å². The highest BCUT2D eigenvalue weighted by molar-refractivity contribution is 7.99. The molecule has 2 heterocycles. The van der Waals surface area contributed by atoms with E-state index in [0.717, 1.165) is 10.6 Å². The Balaban J connectivity index is 2.19. The van der Waals surface area contributed by atoms with Gasteiger partial charge < -0.3 is 5.73 Å². The predicted molar refractivity (Wildman–Crippen MR) is 64.8 cm³/mol. The van der Waals surface area contributed by atoms with Gasteiger partial charge in [0.1, 0.15) is 5.03 Å². The summed E-state index contributed by atoms with van der Waals surface area (Å²) in [6.07, 6.45) is 1.73. The van der Waals surface area contributed by atoms with Gasteiger partial charge in [-0.15, -0.1) is 5.10 Å². The number of nitrogens with zero attached hydrogens (tertiary/aromatic N) is 3. The second-order valence-electron chi connectivity index (χ2n) is 3.69. The molecule has 0 radical (unpaired) electrons. The number of H-pyrrole nitrogens is 1. The molecule has 0 aliphatic heterocycles. The molecule has 0 bridgehead atoms. The van der Waals surface area contributed by atoms with Gasteiger partial charge in [-0.25, -0.2) is 14.9 Å². The number of nitrogens with two attached hydrogens (primary N) is 1. The fraction of sp³-hybridized carbons (Fsp3) is 0.300. The third kappa shape index (κ3) is 2.56. The molecule has 3 N–H and O–H groups in total. The fourth-order valence-corrected chi connectivity index (χ4v) is 1.98. The van der Waals surface area contributed by atoms with Crippen molar-refractivity contribution in [3.63, 3.8) is 0 Å². The third-order valence-corrected chi connectivity index (χ3v) is 3.32. The normalized spacial score (nSPS) is 12.6. The van der Waals surface area contributed by atoms with E-state index < -0.39 is 0 Å². The topological polar surface area (TPSA) is 89.6 Å². The molecule has 0 spiro atoms. The summed E-state index contributed by atoms with van der Waals surface area (Å²) in [6.45, 7) is 1.90. The number of hydrogen-bond donors (Lipinski definition) is 2. The Labute approximate surface area is 102 Å². The van der Waals surface area contributed by atoms with Crippen LogP contribution in [0.5, 0.6) is 0 Å². The summed E-state index contributed by atoms with van der Waals surface area (Å²) in [6, 6.07) is 3.75. The number of hydrogen-bond acceptors (Lipinski definition) is 5. The third-order valence-electron chi connectivity index (χ3n) is 2.32. The average molecular weight is 251 g/mol. The fourth-order valence-electron chi connectivity index (χ4n) is 1.24. The van der Waals surface area contributed by atoms with Gasteiger partial charge in [-0.3, -0.25) is 4.57 Å². The molecule has 0 aliphatic rings. The number of aromatic nitrogens is 4. The summed E-state index contributed by atoms with van der Waals surface area (Å²) in [7, 11) is 1.66. The lowest BCUT2D eigenvalue weighted by atomic mass is 10.2. The van der Waals surface area contributed by atoms with Crippen LogP contribution in [0.3, 0.4) is 0 Å². The minimum Gasteiger partial charge on any atom is -0.324 e. The predicted octanol–water partition coefficient (Wildman–Crippen LogP) is 0.674. The number of rotatable bonds is 3. The van der Waals surface area contributed by atoms with E-state index in [0.29, 0.717) is 5.16 Å². The van der Waals surface area contributed by atoms with Gasteiger partial charge in [0.05, 0.1) is 0 Å². The Morgan fingerprint density at radius 1 is 1.53 bits per heavy atom. The first-order chi connectivity index (χ1) is 8.08. The molecule has 2 aromatic heterocycles. The zero-order valence-corrected chi connectivity index (χ0v) is 10.4. The Kier molecular flexibility index (Phi) is 3.30. The van der Waals surface area contributed by atoms with E-state index in [4.69, 9.17) is 5.73 Å². The average Bonchev–Trinajstić information content (AvgIpc) is 2.62. The van der Waals surface area contributed by atoms with Gasteiger partial charge in [-0.2, -0.15) is 0 Å². The summed E-state index contributed by atoms with van der Waals surface area (Å²) in [5, 5.41) is 7.62. The van der Waals surface area contributed by atoms with Crippen LogP contribution in [-0.4, -0.2) is 19.7 Å². The molecule has 1 atom stereocenters. The SMILES string of the molecule is CC(N)c1ccc(Sc2n[nH]c(=O)n2C)nc1. The summed E-state index contributed by atoms with van der Waals surface area (Å²) in [5.41, 5.74) is 6.47. The van der Waals surface area contributed by atoms with Gasteiger partial charge in [-0.05, 0) is 30.3 Å². The molecular weight excluding hydrogens is 238 g/mol. The van der Waals surface area contributed by atoms with Crippen molar-refractivity contribution in [1.82, 2.24) is 19.7 Å². The summed E-state index contributed by atoms with van der Waals surface area (Å²) >= 11 is 1.32. The van der Waals surface area contributed by atoms with Crippen LogP contribution >= 0.6 is 11.8 Å². The van der Waals surface area contributed by atoms with Crippen molar-refractivity contribution < 1.29 is 0 Å². The van der Waals surface area contributed by atoms with Crippen LogP contribution in [0.25, 0.3) is 0 Å². The van der Waals surface area contributed by atoms with Crippen LogP contribution in [-0.2, 0) is 7.05 Å². The second kappa shape index (κ2) is 4.72. The van der Waals surface area contributed by atoms with Crippen LogP contribution in [0, 0.1) is 0 Å². The van der Waals surface area contributed by atoms with E-state index in [-0.39, 0.29) is 11.7 Å². The highest BCUT2D eigenvalue weighted by atomic mass is 32.2. The Morgan fingerprint density at radius 3 is 2.76 bits per heavy atom. The summed E-state index contributed by atoms with van der Waals surface area (Å²) < 4.78 is 1.44. The van der Waals surface area contributed by atoms with E-state index in [2.05, 4.69) is 15.2 Å². The maximum atomic E-state index is 11.2. The maximum absolute atomic E-state index is 11.2. The monoisotopic (exact) mass is 251 g/mol. The zero-order chi connectivity index (χ0) is 12.4. The number of pyridine rings is 1. The van der Waals surface area contributed by atoms with E-state index in [1.165, 1.54) is 16.3 Å².